The van der Waals surface area contributed by atoms with Crippen LogP contribution in [0.1, 0.15) is 5.01 Å². The van der Waals surface area contributed by atoms with Crippen molar-refractivity contribution in [3.05, 3.63) is 70.0 Å². The van der Waals surface area contributed by atoms with Gasteiger partial charge in [0.2, 0.25) is 11.0 Å². The maximum atomic E-state index is 12.2. The van der Waals surface area contributed by atoms with Crippen LogP contribution in [0.5, 0.6) is 0 Å². The van der Waals surface area contributed by atoms with Crippen molar-refractivity contribution in [3.8, 4) is 11.3 Å². The Balaban J connectivity index is 1.65. The summed E-state index contributed by atoms with van der Waals surface area (Å²) < 4.78 is 1.15. The van der Waals surface area contributed by atoms with E-state index in [2.05, 4.69) is 20.6 Å². The molecule has 2 aromatic carbocycles. The fourth-order valence-corrected chi connectivity index (χ4v) is 3.40. The molecule has 0 aliphatic carbocycles. The number of carbonyl (C=O) groups is 1. The molecular formula is C19H15N5O2S. The average Bonchev–Trinajstić information content (AvgIpc) is 3.07. The van der Waals surface area contributed by atoms with Gasteiger partial charge in [0.15, 0.2) is 0 Å². The zero-order chi connectivity index (χ0) is 18.8. The fourth-order valence-electron chi connectivity index (χ4n) is 2.80. The maximum absolute atomic E-state index is 12.2. The molecule has 0 saturated heterocycles. The van der Waals surface area contributed by atoms with Gasteiger partial charge in [0.05, 0.1) is 5.69 Å². The van der Waals surface area contributed by atoms with E-state index < -0.39 is 0 Å². The number of hydrogen-bond acceptors (Lipinski definition) is 6. The number of rotatable bonds is 4. The normalized spacial score (nSPS) is 10.9. The Labute approximate surface area is 158 Å². The summed E-state index contributed by atoms with van der Waals surface area (Å²) in [6.45, 7) is 1.60. The molecule has 0 saturated carbocycles. The zero-order valence-electron chi connectivity index (χ0n) is 14.4. The van der Waals surface area contributed by atoms with E-state index in [0.717, 1.165) is 26.0 Å². The van der Waals surface area contributed by atoms with E-state index in [1.165, 1.54) is 17.4 Å². The summed E-state index contributed by atoms with van der Waals surface area (Å²) in [6, 6.07) is 17.0. The minimum Gasteiger partial charge on any atom is -0.299 e. The van der Waals surface area contributed by atoms with Gasteiger partial charge < -0.3 is 0 Å². The summed E-state index contributed by atoms with van der Waals surface area (Å²) in [4.78, 5) is 24.4. The molecular weight excluding hydrogens is 362 g/mol. The van der Waals surface area contributed by atoms with Gasteiger partial charge in [0.25, 0.3) is 5.56 Å². The predicted molar refractivity (Wildman–Crippen MR) is 105 cm³/mol. The van der Waals surface area contributed by atoms with Crippen LogP contribution in [0.25, 0.3) is 22.0 Å². The lowest BCUT2D eigenvalue weighted by atomic mass is 10.0. The first-order valence-corrected chi connectivity index (χ1v) is 9.08. The highest BCUT2D eigenvalue weighted by atomic mass is 32.1. The molecule has 0 fully saturated rings. The van der Waals surface area contributed by atoms with E-state index in [4.69, 9.17) is 0 Å². The van der Waals surface area contributed by atoms with Crippen molar-refractivity contribution in [1.29, 1.82) is 0 Å². The second-order valence-electron chi connectivity index (χ2n) is 5.92. The number of aryl methyl sites for hydroxylation is 1. The molecule has 0 unspecified atom stereocenters. The minimum atomic E-state index is -0.379. The van der Waals surface area contributed by atoms with Crippen LogP contribution in [-0.4, -0.2) is 25.9 Å². The molecule has 1 amide bonds. The number of anilines is 1. The molecule has 4 rings (SSSR count). The van der Waals surface area contributed by atoms with Crippen molar-refractivity contribution in [2.75, 3.05) is 5.32 Å². The van der Waals surface area contributed by atoms with Gasteiger partial charge >= 0.3 is 0 Å². The van der Waals surface area contributed by atoms with E-state index >= 15 is 0 Å². The Hall–Kier alpha value is -3.39. The standard InChI is InChI=1S/C19H15N5O2S/c1-12-21-22-19(27-12)20-17(25)11-24-18(26)10-9-16(23-24)15-8-4-6-13-5-2-3-7-14(13)15/h2-10H,11H2,1H3,(H,20,22,25). The number of amides is 1. The maximum Gasteiger partial charge on any atom is 0.267 e. The van der Waals surface area contributed by atoms with Crippen molar-refractivity contribution >= 4 is 33.1 Å². The summed E-state index contributed by atoms with van der Waals surface area (Å²) in [5, 5.41) is 18.0. The second-order valence-corrected chi connectivity index (χ2v) is 7.10. The van der Waals surface area contributed by atoms with Crippen molar-refractivity contribution in [2.24, 2.45) is 0 Å². The first-order valence-electron chi connectivity index (χ1n) is 8.26. The number of nitrogens with zero attached hydrogens (tertiary/aromatic N) is 4. The van der Waals surface area contributed by atoms with E-state index in [0.29, 0.717) is 10.8 Å². The number of hydrogen-bond donors (Lipinski definition) is 1. The second kappa shape index (κ2) is 7.08. The monoisotopic (exact) mass is 377 g/mol. The van der Waals surface area contributed by atoms with Gasteiger partial charge in [0.1, 0.15) is 11.6 Å². The third kappa shape index (κ3) is 3.61. The van der Waals surface area contributed by atoms with E-state index in [9.17, 15) is 9.59 Å². The number of aromatic nitrogens is 4. The number of carbonyl (C=O) groups excluding carboxylic acids is 1. The highest BCUT2D eigenvalue weighted by Gasteiger charge is 2.11. The molecule has 2 aromatic heterocycles. The molecule has 27 heavy (non-hydrogen) atoms. The fraction of sp³-hybridized carbons (Fsp3) is 0.105. The molecule has 1 N–H and O–H groups in total. The number of nitrogens with one attached hydrogen (secondary N) is 1. The van der Waals surface area contributed by atoms with Crippen LogP contribution >= 0.6 is 11.3 Å². The average molecular weight is 377 g/mol. The van der Waals surface area contributed by atoms with Crippen LogP contribution in [0.15, 0.2) is 59.4 Å². The summed E-state index contributed by atoms with van der Waals surface area (Å²) in [6.07, 6.45) is 0. The Morgan fingerprint density at radius 1 is 1.07 bits per heavy atom. The molecule has 0 aliphatic heterocycles. The summed E-state index contributed by atoms with van der Waals surface area (Å²) in [5.41, 5.74) is 1.19. The van der Waals surface area contributed by atoms with Crippen molar-refractivity contribution < 1.29 is 4.79 Å². The third-order valence-corrected chi connectivity index (χ3v) is 4.75. The summed E-state index contributed by atoms with van der Waals surface area (Å²) in [5.74, 6) is -0.379. The molecule has 0 bridgehead atoms. The smallest absolute Gasteiger partial charge is 0.267 e. The predicted octanol–water partition coefficient (Wildman–Crippen LogP) is 2.86. The lowest BCUT2D eigenvalue weighted by Gasteiger charge is -2.09. The summed E-state index contributed by atoms with van der Waals surface area (Å²) >= 11 is 1.27. The molecule has 0 radical (unpaired) electrons. The first kappa shape index (κ1) is 17.0. The molecule has 4 aromatic rings. The van der Waals surface area contributed by atoms with E-state index in [-0.39, 0.29) is 18.0 Å². The Morgan fingerprint density at radius 3 is 2.70 bits per heavy atom. The Morgan fingerprint density at radius 2 is 1.89 bits per heavy atom. The van der Waals surface area contributed by atoms with Gasteiger partial charge in [-0.2, -0.15) is 5.10 Å². The largest absolute Gasteiger partial charge is 0.299 e. The van der Waals surface area contributed by atoms with Gasteiger partial charge in [-0.15, -0.1) is 10.2 Å². The molecule has 7 nitrogen and oxygen atoms in total. The highest BCUT2D eigenvalue weighted by molar-refractivity contribution is 7.15. The highest BCUT2D eigenvalue weighted by Crippen LogP contribution is 2.26. The minimum absolute atomic E-state index is 0.198. The Kier molecular flexibility index (Phi) is 4.47. The van der Waals surface area contributed by atoms with Crippen LogP contribution in [0.4, 0.5) is 5.13 Å². The van der Waals surface area contributed by atoms with Gasteiger partial charge in [-0.3, -0.25) is 14.9 Å². The molecule has 2 heterocycles. The third-order valence-electron chi connectivity index (χ3n) is 4.00. The van der Waals surface area contributed by atoms with Gasteiger partial charge in [-0.05, 0) is 23.8 Å². The molecule has 134 valence electrons. The van der Waals surface area contributed by atoms with Gasteiger partial charge in [0, 0.05) is 11.6 Å². The molecule has 0 spiro atoms. The van der Waals surface area contributed by atoms with Crippen LogP contribution in [0.2, 0.25) is 0 Å². The van der Waals surface area contributed by atoms with Crippen molar-refractivity contribution in [1.82, 2.24) is 20.0 Å². The summed E-state index contributed by atoms with van der Waals surface area (Å²) in [7, 11) is 0. The van der Waals surface area contributed by atoms with Crippen LogP contribution < -0.4 is 10.9 Å². The van der Waals surface area contributed by atoms with E-state index in [1.54, 1.807) is 13.0 Å². The molecule has 8 heteroatoms. The quantitative estimate of drug-likeness (QED) is 0.591. The molecule has 0 aliphatic rings. The topological polar surface area (TPSA) is 89.8 Å². The lowest BCUT2D eigenvalue weighted by molar-refractivity contribution is -0.117. The number of fused-ring (bicyclic) bond motifs is 1. The van der Waals surface area contributed by atoms with Gasteiger partial charge in [-0.25, -0.2) is 4.68 Å². The van der Waals surface area contributed by atoms with Crippen molar-refractivity contribution in [3.63, 3.8) is 0 Å². The number of benzene rings is 2. The lowest BCUT2D eigenvalue weighted by Crippen LogP contribution is -2.29. The molecule has 0 atom stereocenters. The van der Waals surface area contributed by atoms with E-state index in [1.807, 2.05) is 42.5 Å². The van der Waals surface area contributed by atoms with Crippen LogP contribution in [-0.2, 0) is 11.3 Å². The van der Waals surface area contributed by atoms with Crippen molar-refractivity contribution in [2.45, 2.75) is 13.5 Å². The first-order chi connectivity index (χ1) is 13.1. The zero-order valence-corrected chi connectivity index (χ0v) is 15.2. The van der Waals surface area contributed by atoms with Gasteiger partial charge in [-0.1, -0.05) is 53.8 Å². The Bertz CT molecular complexity index is 1190. The SMILES string of the molecule is Cc1nnc(NC(=O)Cn2nc(-c3cccc4ccccc34)ccc2=O)s1. The van der Waals surface area contributed by atoms with Crippen LogP contribution in [0.3, 0.4) is 0 Å². The van der Waals surface area contributed by atoms with Crippen LogP contribution in [0, 0.1) is 6.92 Å².